The Labute approximate surface area is 66.1 Å². The van der Waals surface area contributed by atoms with Crippen molar-refractivity contribution >= 4 is 11.9 Å². The molecule has 1 atom stereocenters. The molecule has 0 spiro atoms. The molecule has 1 unspecified atom stereocenters. The third-order valence-corrected chi connectivity index (χ3v) is 0.969. The molecule has 0 saturated carbocycles. The third kappa shape index (κ3) is 6.63. The summed E-state index contributed by atoms with van der Waals surface area (Å²) in [5, 5.41) is 8.34. The highest BCUT2D eigenvalue weighted by atomic mass is 16.4. The zero-order valence-electron chi connectivity index (χ0n) is 5.74. The van der Waals surface area contributed by atoms with E-state index in [2.05, 4.69) is 4.99 Å². The number of aliphatic imine (C=N–C) groups is 1. The lowest BCUT2D eigenvalue weighted by molar-refractivity contribution is -0.140. The lowest BCUT2D eigenvalue weighted by Gasteiger charge is -1.99. The van der Waals surface area contributed by atoms with Crippen molar-refractivity contribution < 1.29 is 9.90 Å². The molecule has 5 heteroatoms. The normalized spacial score (nSPS) is 11.0. The summed E-state index contributed by atoms with van der Waals surface area (Å²) < 4.78 is 0. The number of carbonyl (C=O) groups is 1. The lowest BCUT2D eigenvalue weighted by atomic mass is 10.2. The molecule has 0 aliphatic carbocycles. The predicted octanol–water partition coefficient (Wildman–Crippen LogP) is -0.383. The van der Waals surface area contributed by atoms with E-state index in [-0.39, 0.29) is 19.9 Å². The number of hydrogen-bond acceptors (Lipinski definition) is 2. The topological polar surface area (TPSA) is 102 Å². The van der Waals surface area contributed by atoms with Gasteiger partial charge >= 0.3 is 5.97 Å². The number of carboxylic acids is 1. The first-order chi connectivity index (χ1) is 4.54. The second kappa shape index (κ2) is 5.52. The van der Waals surface area contributed by atoms with E-state index in [0.29, 0.717) is 0 Å². The van der Waals surface area contributed by atoms with E-state index in [1.165, 1.54) is 6.92 Å². The third-order valence-electron chi connectivity index (χ3n) is 0.969. The summed E-state index contributed by atoms with van der Waals surface area (Å²) in [4.78, 5) is 13.7. The maximum Gasteiger partial charge on any atom is 0.308 e. The fourth-order valence-corrected chi connectivity index (χ4v) is 0.320. The fraction of sp³-hybridized carbons (Fsp3) is 0.667. The van der Waals surface area contributed by atoms with Gasteiger partial charge < -0.3 is 16.6 Å². The van der Waals surface area contributed by atoms with Crippen LogP contribution in [0, 0.1) is 5.92 Å². The highest BCUT2D eigenvalue weighted by Crippen LogP contribution is 1.93. The van der Waals surface area contributed by atoms with Gasteiger partial charge in [-0.05, 0) is 0 Å². The van der Waals surface area contributed by atoms with E-state index in [9.17, 15) is 4.79 Å². The zero-order chi connectivity index (χ0) is 8.15. The Morgan fingerprint density at radius 2 is 2.09 bits per heavy atom. The Kier molecular flexibility index (Phi) is 6.23. The quantitative estimate of drug-likeness (QED) is 0.387. The van der Waals surface area contributed by atoms with E-state index in [0.717, 1.165) is 0 Å². The number of hydrogen-bond donors (Lipinski definition) is 3. The van der Waals surface area contributed by atoms with E-state index in [1.54, 1.807) is 0 Å². The summed E-state index contributed by atoms with van der Waals surface area (Å²) in [6.45, 7) is 1.67. The van der Waals surface area contributed by atoms with Gasteiger partial charge in [0, 0.05) is 0 Å². The molecule has 0 rings (SSSR count). The molecule has 0 heterocycles. The molecule has 0 aromatic heterocycles. The molecule has 0 saturated heterocycles. The van der Waals surface area contributed by atoms with Gasteiger partial charge in [0.05, 0.1) is 12.5 Å². The molecule has 0 aliphatic heterocycles. The van der Waals surface area contributed by atoms with Gasteiger partial charge in [-0.3, -0.25) is 9.79 Å². The van der Waals surface area contributed by atoms with Crippen LogP contribution in [0.2, 0.25) is 0 Å². The summed E-state index contributed by atoms with van der Waals surface area (Å²) >= 11 is 0. The first-order valence-electron chi connectivity index (χ1n) is 2.82. The molecule has 0 bridgehead atoms. The number of carboxylic acid groups (broad SMARTS) is 1. The van der Waals surface area contributed by atoms with Gasteiger partial charge in [0.25, 0.3) is 0 Å². The van der Waals surface area contributed by atoms with E-state index >= 15 is 0 Å². The molecular formula is C6H15N3O2. The van der Waals surface area contributed by atoms with Crippen molar-refractivity contribution in [2.75, 3.05) is 6.54 Å². The first-order valence-corrected chi connectivity index (χ1v) is 2.82. The van der Waals surface area contributed by atoms with Gasteiger partial charge in [0.15, 0.2) is 5.96 Å². The Bertz CT molecular complexity index is 152. The van der Waals surface area contributed by atoms with Crippen LogP contribution in [0.1, 0.15) is 14.4 Å². The van der Waals surface area contributed by atoms with Gasteiger partial charge in [-0.1, -0.05) is 14.4 Å². The van der Waals surface area contributed by atoms with Crippen LogP contribution in [0.25, 0.3) is 0 Å². The summed E-state index contributed by atoms with van der Waals surface area (Å²) in [6, 6.07) is 0. The molecule has 0 amide bonds. The molecule has 5 N–H and O–H groups in total. The average Bonchev–Trinajstić information content (AvgIpc) is 1.82. The highest BCUT2D eigenvalue weighted by molar-refractivity contribution is 5.76. The van der Waals surface area contributed by atoms with Crippen molar-refractivity contribution in [1.29, 1.82) is 0 Å². The minimum absolute atomic E-state index is 0. The summed E-state index contributed by atoms with van der Waals surface area (Å²) in [5.74, 6) is -1.50. The molecule has 0 aromatic carbocycles. The highest BCUT2D eigenvalue weighted by Gasteiger charge is 2.08. The molecule has 0 aromatic rings. The number of aliphatic carboxylic acids is 1. The minimum Gasteiger partial charge on any atom is -0.481 e. The van der Waals surface area contributed by atoms with Gasteiger partial charge in [0.2, 0.25) is 0 Å². The predicted molar refractivity (Wildman–Crippen MR) is 44.2 cm³/mol. The standard InChI is InChI=1S/C5H11N3O2.CH4/c1-3(4(9)10)2-8-5(6)7;/h3H,2H2,1H3,(H,9,10)(H4,6,7,8);1H4. The Morgan fingerprint density at radius 1 is 1.64 bits per heavy atom. The van der Waals surface area contributed by atoms with Crippen LogP contribution in [0.15, 0.2) is 4.99 Å². The average molecular weight is 161 g/mol. The molecular weight excluding hydrogens is 146 g/mol. The Hall–Kier alpha value is -1.26. The molecule has 0 fully saturated rings. The van der Waals surface area contributed by atoms with Crippen molar-refractivity contribution in [3.05, 3.63) is 0 Å². The SMILES string of the molecule is C.CC(CN=C(N)N)C(=O)O. The number of nitrogens with two attached hydrogens (primary N) is 2. The van der Waals surface area contributed by atoms with Gasteiger partial charge in [-0.25, -0.2) is 0 Å². The Balaban J connectivity index is 0. The van der Waals surface area contributed by atoms with E-state index in [1.807, 2.05) is 0 Å². The van der Waals surface area contributed by atoms with Crippen LogP contribution < -0.4 is 11.5 Å². The second-order valence-electron chi connectivity index (χ2n) is 2.00. The Morgan fingerprint density at radius 3 is 2.36 bits per heavy atom. The largest absolute Gasteiger partial charge is 0.481 e. The van der Waals surface area contributed by atoms with Crippen molar-refractivity contribution in [2.45, 2.75) is 14.4 Å². The van der Waals surface area contributed by atoms with Gasteiger partial charge in [0.1, 0.15) is 0 Å². The van der Waals surface area contributed by atoms with E-state index < -0.39 is 11.9 Å². The van der Waals surface area contributed by atoms with Crippen molar-refractivity contribution in [2.24, 2.45) is 22.4 Å². The van der Waals surface area contributed by atoms with Crippen LogP contribution in [0.5, 0.6) is 0 Å². The lowest BCUT2D eigenvalue weighted by Crippen LogP contribution is -2.25. The molecule has 0 aliphatic rings. The summed E-state index contributed by atoms with van der Waals surface area (Å²) in [6.07, 6.45) is 0. The van der Waals surface area contributed by atoms with Crippen LogP contribution >= 0.6 is 0 Å². The van der Waals surface area contributed by atoms with Crippen molar-refractivity contribution in [1.82, 2.24) is 0 Å². The van der Waals surface area contributed by atoms with Gasteiger partial charge in [-0.15, -0.1) is 0 Å². The summed E-state index contributed by atoms with van der Waals surface area (Å²) in [5.41, 5.74) is 9.95. The minimum atomic E-state index is -0.898. The van der Waals surface area contributed by atoms with Crippen LogP contribution in [0.4, 0.5) is 0 Å². The van der Waals surface area contributed by atoms with Crippen molar-refractivity contribution in [3.8, 4) is 0 Å². The van der Waals surface area contributed by atoms with Gasteiger partial charge in [-0.2, -0.15) is 0 Å². The monoisotopic (exact) mass is 161 g/mol. The molecule has 11 heavy (non-hydrogen) atoms. The molecule has 5 nitrogen and oxygen atoms in total. The fourth-order valence-electron chi connectivity index (χ4n) is 0.320. The number of nitrogens with zero attached hydrogens (tertiary/aromatic N) is 1. The van der Waals surface area contributed by atoms with Crippen LogP contribution in [-0.4, -0.2) is 23.6 Å². The zero-order valence-corrected chi connectivity index (χ0v) is 5.74. The maximum absolute atomic E-state index is 10.2. The van der Waals surface area contributed by atoms with E-state index in [4.69, 9.17) is 16.6 Å². The van der Waals surface area contributed by atoms with Crippen molar-refractivity contribution in [3.63, 3.8) is 0 Å². The van der Waals surface area contributed by atoms with Crippen LogP contribution in [0.3, 0.4) is 0 Å². The molecule has 66 valence electrons. The first kappa shape index (κ1) is 12.4. The second-order valence-corrected chi connectivity index (χ2v) is 2.00. The van der Waals surface area contributed by atoms with Crippen LogP contribution in [-0.2, 0) is 4.79 Å². The number of rotatable bonds is 3. The summed E-state index contributed by atoms with van der Waals surface area (Å²) in [7, 11) is 0. The molecule has 0 radical (unpaired) electrons. The maximum atomic E-state index is 10.2. The smallest absolute Gasteiger partial charge is 0.308 e. The number of guanidine groups is 1.